The van der Waals surface area contributed by atoms with Crippen LogP contribution in [0.4, 0.5) is 11.4 Å². The molecule has 0 saturated carbocycles. The van der Waals surface area contributed by atoms with Crippen LogP contribution in [-0.2, 0) is 40.8 Å². The van der Waals surface area contributed by atoms with Crippen molar-refractivity contribution in [1.29, 1.82) is 0 Å². The Hall–Kier alpha value is -4.63. The first-order valence-corrected chi connectivity index (χ1v) is 20.9. The van der Waals surface area contributed by atoms with E-state index in [1.165, 1.54) is 43.0 Å². The van der Waals surface area contributed by atoms with Crippen molar-refractivity contribution in [2.75, 3.05) is 0 Å². The molecule has 0 aromatic heterocycles. The monoisotopic (exact) mass is 974 g/mol. The van der Waals surface area contributed by atoms with Gasteiger partial charge in [0.2, 0.25) is 0 Å². The normalized spacial score (nSPS) is 10.1. The van der Waals surface area contributed by atoms with Gasteiger partial charge >= 0.3 is 40.8 Å². The quantitative estimate of drug-likeness (QED) is 0.0467. The molecular weight excluding hydrogens is 931 g/mol. The van der Waals surface area contributed by atoms with Crippen molar-refractivity contribution in [2.24, 2.45) is 4.99 Å². The zero-order chi connectivity index (χ0) is 37.9. The predicted molar refractivity (Wildman–Crippen MR) is 243 cm³/mol. The van der Waals surface area contributed by atoms with Crippen LogP contribution >= 0.6 is 15.8 Å². The molecule has 8 rings (SSSR count). The topological polar surface area (TPSA) is 56.5 Å². The number of aliphatic imine (C=N–C) groups is 1. The fourth-order valence-corrected chi connectivity index (χ4v) is 10.6. The molecule has 0 atom stereocenters. The summed E-state index contributed by atoms with van der Waals surface area (Å²) < 4.78 is 0. The molecule has 294 valence electrons. The van der Waals surface area contributed by atoms with Gasteiger partial charge in [-0.3, -0.25) is 0 Å². The second-order valence-corrected chi connectivity index (χ2v) is 16.9. The second-order valence-electron chi connectivity index (χ2n) is 12.5. The first-order chi connectivity index (χ1) is 27.2. The van der Waals surface area contributed by atoms with Crippen LogP contribution in [0.5, 0.6) is 0 Å². The molecule has 8 aromatic rings. The van der Waals surface area contributed by atoms with Gasteiger partial charge in [-0.2, -0.15) is 71.8 Å². The summed E-state index contributed by atoms with van der Waals surface area (Å²) in [6.07, 6.45) is 1.73. The SMILES string of the molecule is C(=Nc1ccccc1P(c1ccccc1)c1ccccc1)[N-]c1ccccc1P(c1ccccc1)c1ccccc1.Cc1cc[c-]cc1.Cc1cc[c-]cc1.[OH-].[Pd+2].[Pd+2]. The number of nitrogens with zero attached hydrogens (tertiary/aromatic N) is 2. The zero-order valence-electron chi connectivity index (χ0n) is 32.2. The van der Waals surface area contributed by atoms with Gasteiger partial charge < -0.3 is 15.8 Å². The van der Waals surface area contributed by atoms with Gasteiger partial charge in [0, 0.05) is 0 Å². The van der Waals surface area contributed by atoms with Crippen LogP contribution in [-0.4, -0.2) is 11.8 Å². The van der Waals surface area contributed by atoms with Crippen LogP contribution in [0.3, 0.4) is 0 Å². The summed E-state index contributed by atoms with van der Waals surface area (Å²) >= 11 is 0. The number of para-hydroxylation sites is 2. The molecule has 7 heteroatoms. The maximum absolute atomic E-state index is 4.95. The number of aryl methyl sites for hydroxylation is 2. The van der Waals surface area contributed by atoms with Gasteiger partial charge in [-0.15, -0.1) is 0 Å². The van der Waals surface area contributed by atoms with Crippen molar-refractivity contribution < 1.29 is 46.3 Å². The van der Waals surface area contributed by atoms with E-state index < -0.39 is 15.8 Å². The summed E-state index contributed by atoms with van der Waals surface area (Å²) in [5.41, 5.74) is 4.47. The summed E-state index contributed by atoms with van der Waals surface area (Å²) in [4.78, 5) is 4.95. The van der Waals surface area contributed by atoms with Crippen molar-refractivity contribution in [2.45, 2.75) is 13.8 Å². The first kappa shape index (κ1) is 47.7. The van der Waals surface area contributed by atoms with Crippen molar-refractivity contribution in [1.82, 2.24) is 0 Å². The van der Waals surface area contributed by atoms with Crippen molar-refractivity contribution in [3.63, 3.8) is 0 Å². The zero-order valence-corrected chi connectivity index (χ0v) is 37.1. The molecule has 0 aliphatic heterocycles. The van der Waals surface area contributed by atoms with E-state index >= 15 is 0 Å². The van der Waals surface area contributed by atoms with Gasteiger partial charge in [0.05, 0.1) is 0 Å². The Bertz CT molecular complexity index is 2200. The fourth-order valence-electron chi connectivity index (χ4n) is 5.78. The first-order valence-electron chi connectivity index (χ1n) is 18.2. The van der Waals surface area contributed by atoms with Crippen LogP contribution in [0.2, 0.25) is 0 Å². The Balaban J connectivity index is 0.000000447. The molecule has 0 aliphatic rings. The van der Waals surface area contributed by atoms with E-state index in [0.717, 1.165) is 11.4 Å². The van der Waals surface area contributed by atoms with E-state index in [9.17, 15) is 0 Å². The molecule has 0 amide bonds. The van der Waals surface area contributed by atoms with E-state index in [0.29, 0.717) is 0 Å². The van der Waals surface area contributed by atoms with E-state index in [1.807, 2.05) is 48.5 Å². The Labute approximate surface area is 374 Å². The third-order valence-electron chi connectivity index (χ3n) is 8.47. The molecule has 1 N–H and O–H groups in total. The minimum Gasteiger partial charge on any atom is -0.870 e. The molecule has 0 saturated heterocycles. The third-order valence-corrected chi connectivity index (χ3v) is 13.4. The molecule has 8 aromatic carbocycles. The third kappa shape index (κ3) is 14.3. The molecule has 0 fully saturated rings. The summed E-state index contributed by atoms with van der Waals surface area (Å²) in [6, 6.07) is 81.5. The van der Waals surface area contributed by atoms with E-state index in [1.54, 1.807) is 6.34 Å². The van der Waals surface area contributed by atoms with Crippen LogP contribution in [0, 0.1) is 26.0 Å². The Morgan fingerprint density at radius 3 is 1.12 bits per heavy atom. The summed E-state index contributed by atoms with van der Waals surface area (Å²) in [7, 11) is -1.53. The van der Waals surface area contributed by atoms with Gasteiger partial charge in [-0.05, 0) is 59.0 Å². The van der Waals surface area contributed by atoms with Crippen molar-refractivity contribution in [3.05, 3.63) is 247 Å². The molecule has 0 radical (unpaired) electrons. The Morgan fingerprint density at radius 1 is 0.414 bits per heavy atom. The van der Waals surface area contributed by atoms with E-state index in [2.05, 4.69) is 196 Å². The van der Waals surface area contributed by atoms with Crippen LogP contribution in [0.1, 0.15) is 11.1 Å². The average molecular weight is 976 g/mol. The maximum Gasteiger partial charge on any atom is 2.00 e. The molecule has 0 heterocycles. The Kier molecular flexibility index (Phi) is 21.7. The van der Waals surface area contributed by atoms with Gasteiger partial charge in [-0.25, -0.2) is 0 Å². The number of hydrogen-bond acceptors (Lipinski definition) is 2. The number of rotatable bonds is 9. The molecule has 0 spiro atoms. The van der Waals surface area contributed by atoms with E-state index in [-0.39, 0.29) is 46.3 Å². The summed E-state index contributed by atoms with van der Waals surface area (Å²) in [5, 5.41) is 12.6. The van der Waals surface area contributed by atoms with Crippen LogP contribution in [0.15, 0.2) is 223 Å². The molecule has 0 unspecified atom stereocenters. The van der Waals surface area contributed by atoms with E-state index in [4.69, 9.17) is 10.3 Å². The molecule has 58 heavy (non-hydrogen) atoms. The standard InChI is InChI=1S/C37H29N2P2.2C7H7.H2O.2Pd/c1-5-17-30(18-6-1)40(31-19-7-2-8-20-31)36-27-15-13-25-34(36)38-29-39-35-26-14-16-28-37(35)41(32-21-9-3-10-22-32)33-23-11-4-12-24-33;2*1-7-5-3-2-4-6-7;;;/h1-29H;2*3-6H,1H3;1H2;;/q3*-1;;2*+2/p-1. The van der Waals surface area contributed by atoms with Crippen LogP contribution in [0.25, 0.3) is 5.32 Å². The Morgan fingerprint density at radius 2 is 0.741 bits per heavy atom. The molecule has 0 aliphatic carbocycles. The summed E-state index contributed by atoms with van der Waals surface area (Å²) in [6.45, 7) is 4.13. The minimum atomic E-state index is -0.767. The minimum absolute atomic E-state index is 0. The van der Waals surface area contributed by atoms with Gasteiger partial charge in [0.25, 0.3) is 0 Å². The van der Waals surface area contributed by atoms with Crippen LogP contribution < -0.4 is 31.8 Å². The second kappa shape index (κ2) is 26.4. The molecule has 3 nitrogen and oxygen atoms in total. The fraction of sp³-hybridized carbons (Fsp3) is 0.0392. The predicted octanol–water partition coefficient (Wildman–Crippen LogP) is 11.0. The average Bonchev–Trinajstić information content (AvgIpc) is 3.25. The van der Waals surface area contributed by atoms with Gasteiger partial charge in [0.1, 0.15) is 0 Å². The maximum atomic E-state index is 4.95. The largest absolute Gasteiger partial charge is 2.00 e. The number of benzene rings is 8. The molecular formula is C51H44N2OP2Pd2. The van der Waals surface area contributed by atoms with Crippen molar-refractivity contribution >= 4 is 65.4 Å². The van der Waals surface area contributed by atoms with Gasteiger partial charge in [0.15, 0.2) is 0 Å². The summed E-state index contributed by atoms with van der Waals surface area (Å²) in [5.74, 6) is 0. The van der Waals surface area contributed by atoms with Gasteiger partial charge in [-0.1, -0.05) is 190 Å². The molecule has 0 bridgehead atoms. The number of hydrogen-bond donors (Lipinski definition) is 0. The van der Waals surface area contributed by atoms with Crippen molar-refractivity contribution in [3.8, 4) is 0 Å². The smallest absolute Gasteiger partial charge is 0.870 e.